The molecule has 1 fully saturated rings. The van der Waals surface area contributed by atoms with Crippen molar-refractivity contribution >= 4 is 34.8 Å². The van der Waals surface area contributed by atoms with E-state index in [4.69, 9.17) is 11.6 Å². The summed E-state index contributed by atoms with van der Waals surface area (Å²) in [6.45, 7) is 0.364. The normalized spacial score (nSPS) is 17.2. The molecule has 1 heterocycles. The number of rotatable bonds is 3. The average molecular weight is 351 g/mol. The molecule has 2 aromatic carbocycles. The summed E-state index contributed by atoms with van der Waals surface area (Å²) in [6, 6.07) is 9.59. The van der Waals surface area contributed by atoms with Crippen LogP contribution in [0, 0.1) is 17.6 Å². The molecule has 1 aliphatic rings. The van der Waals surface area contributed by atoms with Gasteiger partial charge >= 0.3 is 0 Å². The molecule has 2 amide bonds. The number of carbonyl (C=O) groups is 2. The number of nitrogens with zero attached hydrogens (tertiary/aromatic N) is 1. The molecule has 0 aromatic heterocycles. The van der Waals surface area contributed by atoms with E-state index >= 15 is 0 Å². The van der Waals surface area contributed by atoms with Gasteiger partial charge in [0.15, 0.2) is 0 Å². The Balaban J connectivity index is 1.74. The minimum Gasteiger partial charge on any atom is -0.323 e. The second-order valence-corrected chi connectivity index (χ2v) is 5.86. The lowest BCUT2D eigenvalue weighted by molar-refractivity contribution is -0.129. The van der Waals surface area contributed by atoms with Crippen molar-refractivity contribution in [3.05, 3.63) is 59.1 Å². The molecule has 0 spiro atoms. The van der Waals surface area contributed by atoms with Crippen molar-refractivity contribution in [2.75, 3.05) is 16.8 Å². The maximum atomic E-state index is 13.6. The standard InChI is InChI=1S/C17H13ClF2N2O2/c18-10-2-1-3-12(8-10)22-7-6-13(17(22)24)16(23)21-15-5-4-11(19)9-14(15)20/h1-5,8-9,13H,6-7H2,(H,21,23). The van der Waals surface area contributed by atoms with Crippen molar-refractivity contribution in [1.82, 2.24) is 0 Å². The monoisotopic (exact) mass is 350 g/mol. The number of amides is 2. The van der Waals surface area contributed by atoms with Crippen LogP contribution in [-0.2, 0) is 9.59 Å². The van der Waals surface area contributed by atoms with Gasteiger partial charge in [0, 0.05) is 23.3 Å². The van der Waals surface area contributed by atoms with Gasteiger partial charge in [0.1, 0.15) is 17.6 Å². The van der Waals surface area contributed by atoms with Crippen LogP contribution in [-0.4, -0.2) is 18.4 Å². The topological polar surface area (TPSA) is 49.4 Å². The highest BCUT2D eigenvalue weighted by Gasteiger charge is 2.37. The molecular formula is C17H13ClF2N2O2. The van der Waals surface area contributed by atoms with E-state index in [0.717, 1.165) is 12.1 Å². The molecule has 1 unspecified atom stereocenters. The van der Waals surface area contributed by atoms with Crippen LogP contribution in [0.15, 0.2) is 42.5 Å². The zero-order valence-electron chi connectivity index (χ0n) is 12.4. The minimum atomic E-state index is -0.923. The fourth-order valence-electron chi connectivity index (χ4n) is 2.63. The molecule has 0 saturated carbocycles. The van der Waals surface area contributed by atoms with Crippen LogP contribution in [0.5, 0.6) is 0 Å². The molecule has 0 bridgehead atoms. The Morgan fingerprint density at radius 3 is 2.71 bits per heavy atom. The van der Waals surface area contributed by atoms with Gasteiger partial charge in [-0.25, -0.2) is 8.78 Å². The lowest BCUT2D eigenvalue weighted by Crippen LogP contribution is -2.33. The van der Waals surface area contributed by atoms with Crippen LogP contribution in [0.4, 0.5) is 20.2 Å². The van der Waals surface area contributed by atoms with Crippen molar-refractivity contribution in [2.24, 2.45) is 5.92 Å². The largest absolute Gasteiger partial charge is 0.323 e. The summed E-state index contributed by atoms with van der Waals surface area (Å²) in [4.78, 5) is 26.2. The third kappa shape index (κ3) is 3.23. The van der Waals surface area contributed by atoms with Crippen LogP contribution in [0.1, 0.15) is 6.42 Å². The number of anilines is 2. The molecule has 124 valence electrons. The molecular weight excluding hydrogens is 338 g/mol. The van der Waals surface area contributed by atoms with Crippen LogP contribution < -0.4 is 10.2 Å². The first-order valence-corrected chi connectivity index (χ1v) is 7.66. The van der Waals surface area contributed by atoms with E-state index < -0.39 is 23.5 Å². The van der Waals surface area contributed by atoms with Crippen molar-refractivity contribution in [1.29, 1.82) is 0 Å². The molecule has 1 atom stereocenters. The number of halogens is 3. The van der Waals surface area contributed by atoms with Gasteiger partial charge in [-0.05, 0) is 36.8 Å². The number of nitrogens with one attached hydrogen (secondary N) is 1. The summed E-state index contributed by atoms with van der Waals surface area (Å²) in [7, 11) is 0. The van der Waals surface area contributed by atoms with Crippen LogP contribution in [0.3, 0.4) is 0 Å². The van der Waals surface area contributed by atoms with E-state index in [1.807, 2.05) is 0 Å². The predicted molar refractivity (Wildman–Crippen MR) is 86.9 cm³/mol. The first-order valence-electron chi connectivity index (χ1n) is 7.28. The van der Waals surface area contributed by atoms with Crippen LogP contribution >= 0.6 is 11.6 Å². The van der Waals surface area contributed by atoms with Gasteiger partial charge < -0.3 is 10.2 Å². The fraction of sp³-hybridized carbons (Fsp3) is 0.176. The van der Waals surface area contributed by atoms with E-state index in [1.54, 1.807) is 24.3 Å². The summed E-state index contributed by atoms with van der Waals surface area (Å²) < 4.78 is 26.5. The highest BCUT2D eigenvalue weighted by Crippen LogP contribution is 2.28. The minimum absolute atomic E-state index is 0.157. The highest BCUT2D eigenvalue weighted by molar-refractivity contribution is 6.31. The number of hydrogen-bond donors (Lipinski definition) is 1. The van der Waals surface area contributed by atoms with Gasteiger partial charge in [0.2, 0.25) is 11.8 Å². The quantitative estimate of drug-likeness (QED) is 0.860. The first kappa shape index (κ1) is 16.4. The fourth-order valence-corrected chi connectivity index (χ4v) is 2.82. The molecule has 24 heavy (non-hydrogen) atoms. The molecule has 0 aliphatic carbocycles. The Hall–Kier alpha value is -2.47. The molecule has 4 nitrogen and oxygen atoms in total. The number of carbonyl (C=O) groups excluding carboxylic acids is 2. The van der Waals surface area contributed by atoms with Gasteiger partial charge in [-0.3, -0.25) is 9.59 Å². The van der Waals surface area contributed by atoms with Crippen molar-refractivity contribution < 1.29 is 18.4 Å². The molecule has 1 aliphatic heterocycles. The van der Waals surface area contributed by atoms with Gasteiger partial charge in [-0.15, -0.1) is 0 Å². The van der Waals surface area contributed by atoms with Gasteiger partial charge in [0.25, 0.3) is 0 Å². The molecule has 0 radical (unpaired) electrons. The van der Waals surface area contributed by atoms with Crippen molar-refractivity contribution in [2.45, 2.75) is 6.42 Å². The average Bonchev–Trinajstić information content (AvgIpc) is 2.92. The summed E-state index contributed by atoms with van der Waals surface area (Å²) in [5, 5.41) is 2.83. The van der Waals surface area contributed by atoms with Crippen LogP contribution in [0.25, 0.3) is 0 Å². The van der Waals surface area contributed by atoms with E-state index in [1.165, 1.54) is 4.90 Å². The molecule has 1 N–H and O–H groups in total. The Morgan fingerprint density at radius 1 is 1.21 bits per heavy atom. The zero-order valence-corrected chi connectivity index (χ0v) is 13.2. The van der Waals surface area contributed by atoms with Crippen molar-refractivity contribution in [3.8, 4) is 0 Å². The third-order valence-corrected chi connectivity index (χ3v) is 4.07. The lowest BCUT2D eigenvalue weighted by Gasteiger charge is -2.17. The van der Waals surface area contributed by atoms with Gasteiger partial charge in [-0.1, -0.05) is 17.7 Å². The summed E-state index contributed by atoms with van der Waals surface area (Å²) in [5.74, 6) is -3.55. The van der Waals surface area contributed by atoms with Gasteiger partial charge in [0.05, 0.1) is 5.69 Å². The summed E-state index contributed by atoms with van der Waals surface area (Å²) in [6.07, 6.45) is 0.306. The van der Waals surface area contributed by atoms with E-state index in [2.05, 4.69) is 5.32 Å². The second-order valence-electron chi connectivity index (χ2n) is 5.42. The Kier molecular flexibility index (Phi) is 4.49. The Labute approximate surface area is 142 Å². The molecule has 3 rings (SSSR count). The zero-order chi connectivity index (χ0) is 17.3. The molecule has 2 aromatic rings. The second kappa shape index (κ2) is 6.57. The molecule has 1 saturated heterocycles. The van der Waals surface area contributed by atoms with Gasteiger partial charge in [-0.2, -0.15) is 0 Å². The molecule has 7 heteroatoms. The van der Waals surface area contributed by atoms with E-state index in [9.17, 15) is 18.4 Å². The van der Waals surface area contributed by atoms with E-state index in [0.29, 0.717) is 29.7 Å². The lowest BCUT2D eigenvalue weighted by atomic mass is 10.1. The third-order valence-electron chi connectivity index (χ3n) is 3.83. The van der Waals surface area contributed by atoms with Crippen molar-refractivity contribution in [3.63, 3.8) is 0 Å². The number of hydrogen-bond acceptors (Lipinski definition) is 2. The maximum absolute atomic E-state index is 13.6. The van der Waals surface area contributed by atoms with E-state index in [-0.39, 0.29) is 11.6 Å². The SMILES string of the molecule is O=C(Nc1ccc(F)cc1F)C1CCN(c2cccc(Cl)c2)C1=O. The first-order chi connectivity index (χ1) is 11.5. The predicted octanol–water partition coefficient (Wildman–Crippen LogP) is 3.61. The van der Waals surface area contributed by atoms with Crippen LogP contribution in [0.2, 0.25) is 5.02 Å². The number of benzene rings is 2. The summed E-state index contributed by atoms with van der Waals surface area (Å²) in [5.41, 5.74) is 0.450. The highest BCUT2D eigenvalue weighted by atomic mass is 35.5. The Bertz CT molecular complexity index is 813. The maximum Gasteiger partial charge on any atom is 0.239 e. The Morgan fingerprint density at radius 2 is 2.00 bits per heavy atom. The smallest absolute Gasteiger partial charge is 0.239 e. The summed E-state index contributed by atoms with van der Waals surface area (Å²) >= 11 is 5.92.